The summed E-state index contributed by atoms with van der Waals surface area (Å²) in [5.41, 5.74) is 0. The molecule has 0 aromatic carbocycles. The maximum atomic E-state index is 11.9. The van der Waals surface area contributed by atoms with Crippen molar-refractivity contribution in [2.45, 2.75) is 50.4 Å². The zero-order chi connectivity index (χ0) is 16.1. The van der Waals surface area contributed by atoms with Crippen molar-refractivity contribution in [3.05, 3.63) is 6.33 Å². The van der Waals surface area contributed by atoms with E-state index in [2.05, 4.69) is 27.8 Å². The molecule has 1 saturated carbocycles. The predicted molar refractivity (Wildman–Crippen MR) is 80.4 cm³/mol. The normalized spacial score (nSPS) is 22.8. The fourth-order valence-corrected chi connectivity index (χ4v) is 3.24. The van der Waals surface area contributed by atoms with E-state index in [9.17, 15) is 13.8 Å². The van der Waals surface area contributed by atoms with Gasteiger partial charge in [-0.25, -0.2) is 4.79 Å². The molecule has 0 saturated heterocycles. The Morgan fingerprint density at radius 2 is 2.14 bits per heavy atom. The van der Waals surface area contributed by atoms with Crippen LogP contribution in [0.15, 0.2) is 11.5 Å². The minimum atomic E-state index is -1.34. The average Bonchev–Trinajstić information content (AvgIpc) is 2.89. The lowest BCUT2D eigenvalue weighted by Gasteiger charge is -2.29. The monoisotopic (exact) mass is 327 g/mol. The molecule has 1 aromatic heterocycles. The fourth-order valence-electron chi connectivity index (χ4n) is 2.63. The largest absolute Gasteiger partial charge is 0.335 e. The molecule has 8 nitrogen and oxygen atoms in total. The Hall–Kier alpha value is -1.77. The highest BCUT2D eigenvalue weighted by atomic mass is 32.2. The van der Waals surface area contributed by atoms with E-state index in [-0.39, 0.29) is 17.7 Å². The molecule has 2 N–H and O–H groups in total. The lowest BCUT2D eigenvalue weighted by Crippen LogP contribution is -2.48. The van der Waals surface area contributed by atoms with Crippen LogP contribution < -0.4 is 10.6 Å². The quantitative estimate of drug-likeness (QED) is 0.833. The van der Waals surface area contributed by atoms with Gasteiger partial charge in [-0.15, -0.1) is 10.2 Å². The first-order valence-corrected chi connectivity index (χ1v) is 8.84. The number of rotatable bonds is 4. The van der Waals surface area contributed by atoms with Gasteiger partial charge in [0.15, 0.2) is 0 Å². The first kappa shape index (κ1) is 16.6. The van der Waals surface area contributed by atoms with Crippen LogP contribution in [-0.2, 0) is 22.1 Å². The summed E-state index contributed by atoms with van der Waals surface area (Å²) in [5.74, 6) is -0.0750. The molecule has 22 heavy (non-hydrogen) atoms. The molecule has 0 bridgehead atoms. The van der Waals surface area contributed by atoms with Crippen LogP contribution >= 0.6 is 0 Å². The lowest BCUT2D eigenvalue weighted by molar-refractivity contribution is -0.120. The molecule has 1 heterocycles. The first-order chi connectivity index (χ1) is 10.5. The summed E-state index contributed by atoms with van der Waals surface area (Å²) in [4.78, 5) is 23.7. The number of nitrogens with zero attached hydrogens (tertiary/aromatic N) is 3. The van der Waals surface area contributed by atoms with Crippen molar-refractivity contribution in [1.29, 1.82) is 0 Å². The summed E-state index contributed by atoms with van der Waals surface area (Å²) in [7, 11) is -1.34. The van der Waals surface area contributed by atoms with E-state index in [4.69, 9.17) is 0 Å². The second-order valence-corrected chi connectivity index (χ2v) is 6.86. The summed E-state index contributed by atoms with van der Waals surface area (Å²) < 4.78 is 12.8. The van der Waals surface area contributed by atoms with Crippen molar-refractivity contribution in [1.82, 2.24) is 25.4 Å². The number of nitrogens with one attached hydrogen (secondary N) is 2. The van der Waals surface area contributed by atoms with Gasteiger partial charge in [-0.1, -0.05) is 19.8 Å². The first-order valence-electron chi connectivity index (χ1n) is 7.29. The molecule has 0 spiro atoms. The van der Waals surface area contributed by atoms with Gasteiger partial charge < -0.3 is 5.32 Å². The lowest BCUT2D eigenvalue weighted by atomic mass is 9.86. The van der Waals surface area contributed by atoms with E-state index in [1.165, 1.54) is 23.6 Å². The van der Waals surface area contributed by atoms with Crippen molar-refractivity contribution < 1.29 is 13.8 Å². The highest BCUT2D eigenvalue weighted by Gasteiger charge is 2.23. The van der Waals surface area contributed by atoms with Crippen molar-refractivity contribution >= 4 is 22.7 Å². The molecule has 0 aliphatic heterocycles. The Morgan fingerprint density at radius 3 is 2.82 bits per heavy atom. The van der Waals surface area contributed by atoms with E-state index in [1.54, 1.807) is 0 Å². The third-order valence-electron chi connectivity index (χ3n) is 3.83. The second kappa shape index (κ2) is 7.48. The van der Waals surface area contributed by atoms with Crippen molar-refractivity contribution in [3.63, 3.8) is 0 Å². The molecular weight excluding hydrogens is 306 g/mol. The number of imide groups is 1. The smallest absolute Gasteiger partial charge is 0.321 e. The minimum absolute atomic E-state index is 0.107. The van der Waals surface area contributed by atoms with Crippen LogP contribution in [0, 0.1) is 5.92 Å². The zero-order valence-corrected chi connectivity index (χ0v) is 13.6. The van der Waals surface area contributed by atoms with Crippen LogP contribution in [0.5, 0.6) is 0 Å². The molecule has 1 aliphatic rings. The number of hydrogen-bond acceptors (Lipinski definition) is 5. The van der Waals surface area contributed by atoms with Gasteiger partial charge in [0.25, 0.3) is 0 Å². The molecule has 122 valence electrons. The van der Waals surface area contributed by atoms with E-state index in [0.29, 0.717) is 5.92 Å². The molecule has 3 amide bonds. The molecule has 0 radical (unpaired) electrons. The van der Waals surface area contributed by atoms with Gasteiger partial charge in [-0.3, -0.25) is 18.9 Å². The average molecular weight is 327 g/mol. The van der Waals surface area contributed by atoms with Gasteiger partial charge in [0, 0.05) is 12.3 Å². The maximum Gasteiger partial charge on any atom is 0.321 e. The summed E-state index contributed by atoms with van der Waals surface area (Å²) in [6, 6.07) is -0.383. The standard InChI is InChI=1S/C13H21N5O3S/c1-9-5-3-4-6-10(9)15-12(20)16-11(19)7-18-8-14-17-13(18)22(2)21/h8-10H,3-7H2,1-2H3,(H2,15,16,19,20). The van der Waals surface area contributed by atoms with Crippen LogP contribution in [0.3, 0.4) is 0 Å². The maximum absolute atomic E-state index is 11.9. The highest BCUT2D eigenvalue weighted by Crippen LogP contribution is 2.23. The number of hydrogen-bond donors (Lipinski definition) is 2. The summed E-state index contributed by atoms with van der Waals surface area (Å²) in [6.07, 6.45) is 7.07. The Kier molecular flexibility index (Phi) is 5.64. The van der Waals surface area contributed by atoms with E-state index in [1.807, 2.05) is 0 Å². The topological polar surface area (TPSA) is 106 Å². The predicted octanol–water partition coefficient (Wildman–Crippen LogP) is 0.420. The van der Waals surface area contributed by atoms with Gasteiger partial charge in [0.1, 0.15) is 12.9 Å². The van der Waals surface area contributed by atoms with Gasteiger partial charge >= 0.3 is 6.03 Å². The molecule has 3 unspecified atom stereocenters. The van der Waals surface area contributed by atoms with Crippen LogP contribution in [0.4, 0.5) is 4.79 Å². The Labute approximate surface area is 131 Å². The van der Waals surface area contributed by atoms with Crippen molar-refractivity contribution in [2.75, 3.05) is 6.26 Å². The molecule has 3 atom stereocenters. The van der Waals surface area contributed by atoms with Crippen LogP contribution in [0.2, 0.25) is 0 Å². The number of amides is 3. The molecular formula is C13H21N5O3S. The molecule has 1 fully saturated rings. The van der Waals surface area contributed by atoms with Gasteiger partial charge in [0.2, 0.25) is 11.1 Å². The fraction of sp³-hybridized carbons (Fsp3) is 0.692. The summed E-state index contributed by atoms with van der Waals surface area (Å²) in [5, 5.41) is 12.6. The number of aromatic nitrogens is 3. The third kappa shape index (κ3) is 4.36. The van der Waals surface area contributed by atoms with Gasteiger partial charge in [-0.2, -0.15) is 0 Å². The molecule has 2 rings (SSSR count). The number of urea groups is 1. The summed E-state index contributed by atoms with van der Waals surface area (Å²) in [6.45, 7) is 1.96. The zero-order valence-electron chi connectivity index (χ0n) is 12.7. The van der Waals surface area contributed by atoms with E-state index in [0.717, 1.165) is 19.3 Å². The Bertz CT molecular complexity index is 574. The number of carbonyl (C=O) groups excluding carboxylic acids is 2. The molecule has 9 heteroatoms. The van der Waals surface area contributed by atoms with Gasteiger partial charge in [0.05, 0.1) is 10.8 Å². The Morgan fingerprint density at radius 1 is 1.41 bits per heavy atom. The molecule has 1 aromatic rings. The summed E-state index contributed by atoms with van der Waals surface area (Å²) >= 11 is 0. The van der Waals surface area contributed by atoms with Crippen LogP contribution in [0.1, 0.15) is 32.6 Å². The van der Waals surface area contributed by atoms with Crippen LogP contribution in [0.25, 0.3) is 0 Å². The number of carbonyl (C=O) groups is 2. The van der Waals surface area contributed by atoms with E-state index < -0.39 is 22.7 Å². The van der Waals surface area contributed by atoms with Crippen LogP contribution in [-0.4, -0.2) is 43.2 Å². The Balaban J connectivity index is 1.84. The SMILES string of the molecule is CC1CCCCC1NC(=O)NC(=O)Cn1cnnc1S(C)=O. The van der Waals surface area contributed by atoms with Crippen molar-refractivity contribution in [3.8, 4) is 0 Å². The minimum Gasteiger partial charge on any atom is -0.335 e. The van der Waals surface area contributed by atoms with Crippen molar-refractivity contribution in [2.24, 2.45) is 5.92 Å². The highest BCUT2D eigenvalue weighted by molar-refractivity contribution is 7.84. The third-order valence-corrected chi connectivity index (χ3v) is 4.66. The van der Waals surface area contributed by atoms with E-state index >= 15 is 0 Å². The molecule has 1 aliphatic carbocycles. The second-order valence-electron chi connectivity index (χ2n) is 5.59. The van der Waals surface area contributed by atoms with Gasteiger partial charge in [-0.05, 0) is 18.8 Å².